The summed E-state index contributed by atoms with van der Waals surface area (Å²) in [5.41, 5.74) is -0.361. The van der Waals surface area contributed by atoms with Crippen LogP contribution in [0.3, 0.4) is 0 Å². The van der Waals surface area contributed by atoms with Gasteiger partial charge in [-0.15, -0.1) is 0 Å². The number of aryl methyl sites for hydroxylation is 1. The number of aromatic nitrogens is 2. The molecule has 1 aromatic heterocycles. The Morgan fingerprint density at radius 3 is 1.75 bits per heavy atom. The van der Waals surface area contributed by atoms with Crippen LogP contribution in [0.15, 0.2) is 0 Å². The smallest absolute Gasteiger partial charge is 0.392 e. The normalized spacial score (nSPS) is 8.81. The summed E-state index contributed by atoms with van der Waals surface area (Å²) in [5.74, 6) is 0.156. The second kappa shape index (κ2) is 6.54. The second-order valence-electron chi connectivity index (χ2n) is 2.40. The van der Waals surface area contributed by atoms with Crippen molar-refractivity contribution >= 4 is 5.69 Å². The van der Waals surface area contributed by atoms with E-state index in [1.807, 2.05) is 13.8 Å². The van der Waals surface area contributed by atoms with Gasteiger partial charge in [0.05, 0.1) is 19.1 Å². The molecular weight excluding hydrogens is 214 g/mol. The van der Waals surface area contributed by atoms with Crippen molar-refractivity contribution in [2.75, 3.05) is 14.2 Å². The van der Waals surface area contributed by atoms with E-state index in [-0.39, 0.29) is 17.4 Å². The van der Waals surface area contributed by atoms with E-state index < -0.39 is 4.92 Å². The summed E-state index contributed by atoms with van der Waals surface area (Å²) in [6.07, 6.45) is 0. The number of hydrogen-bond donors (Lipinski definition) is 0. The molecule has 16 heavy (non-hydrogen) atoms. The van der Waals surface area contributed by atoms with Gasteiger partial charge in [0.2, 0.25) is 0 Å². The van der Waals surface area contributed by atoms with E-state index in [1.165, 1.54) is 14.2 Å². The van der Waals surface area contributed by atoms with E-state index in [9.17, 15) is 10.1 Å². The molecule has 0 unspecified atom stereocenters. The number of nitro groups is 1. The zero-order valence-corrected chi connectivity index (χ0v) is 9.97. The summed E-state index contributed by atoms with van der Waals surface area (Å²) in [4.78, 5) is 17.5. The molecule has 0 bridgehead atoms. The molecule has 0 atom stereocenters. The monoisotopic (exact) mass is 229 g/mol. The highest BCUT2D eigenvalue weighted by atomic mass is 16.6. The molecule has 1 aromatic rings. The standard InChI is InChI=1S/C7H9N3O4.C2H6/c1-4-8-6(13-2)5(10(11)12)7(9-4)14-3;1-2/h1-3H3;1-2H3. The van der Waals surface area contributed by atoms with Crippen molar-refractivity contribution in [3.05, 3.63) is 15.9 Å². The van der Waals surface area contributed by atoms with Crippen molar-refractivity contribution in [3.63, 3.8) is 0 Å². The van der Waals surface area contributed by atoms with Gasteiger partial charge >= 0.3 is 17.4 Å². The van der Waals surface area contributed by atoms with Gasteiger partial charge in [0.25, 0.3) is 0 Å². The summed E-state index contributed by atoms with van der Waals surface area (Å²) in [6.45, 7) is 5.59. The largest absolute Gasteiger partial charge is 0.476 e. The van der Waals surface area contributed by atoms with Crippen LogP contribution in [0.4, 0.5) is 5.69 Å². The minimum atomic E-state index is -0.642. The van der Waals surface area contributed by atoms with Gasteiger partial charge in [0, 0.05) is 0 Å². The van der Waals surface area contributed by atoms with Gasteiger partial charge in [-0.1, -0.05) is 13.8 Å². The van der Waals surface area contributed by atoms with Gasteiger partial charge < -0.3 is 9.47 Å². The third-order valence-electron chi connectivity index (χ3n) is 1.50. The predicted molar refractivity (Wildman–Crippen MR) is 57.9 cm³/mol. The number of nitrogens with zero attached hydrogens (tertiary/aromatic N) is 3. The van der Waals surface area contributed by atoms with Crippen molar-refractivity contribution in [1.82, 2.24) is 9.97 Å². The van der Waals surface area contributed by atoms with Crippen LogP contribution >= 0.6 is 0 Å². The van der Waals surface area contributed by atoms with Crippen LogP contribution < -0.4 is 9.47 Å². The molecule has 0 saturated heterocycles. The van der Waals surface area contributed by atoms with Crippen molar-refractivity contribution in [2.45, 2.75) is 20.8 Å². The number of hydrogen-bond acceptors (Lipinski definition) is 6. The molecule has 1 heterocycles. The molecule has 0 fully saturated rings. The first-order chi connectivity index (χ1) is 7.60. The molecule has 0 amide bonds. The van der Waals surface area contributed by atoms with Crippen LogP contribution in [-0.4, -0.2) is 29.1 Å². The van der Waals surface area contributed by atoms with Crippen molar-refractivity contribution in [2.24, 2.45) is 0 Å². The molecule has 0 radical (unpaired) electrons. The fourth-order valence-corrected chi connectivity index (χ4v) is 0.957. The number of ether oxygens (including phenoxy) is 2. The lowest BCUT2D eigenvalue weighted by atomic mass is 10.4. The van der Waals surface area contributed by atoms with Gasteiger partial charge in [-0.05, 0) is 6.92 Å². The predicted octanol–water partition coefficient (Wildman–Crippen LogP) is 1.74. The van der Waals surface area contributed by atoms with E-state index in [4.69, 9.17) is 9.47 Å². The van der Waals surface area contributed by atoms with Crippen molar-refractivity contribution < 1.29 is 14.4 Å². The van der Waals surface area contributed by atoms with Gasteiger partial charge in [0.1, 0.15) is 5.82 Å². The Morgan fingerprint density at radius 1 is 1.12 bits per heavy atom. The summed E-state index contributed by atoms with van der Waals surface area (Å²) in [7, 11) is 2.60. The molecule has 0 spiro atoms. The molecule has 7 heteroatoms. The third kappa shape index (κ3) is 3.04. The number of methoxy groups -OCH3 is 2. The first-order valence-corrected chi connectivity index (χ1v) is 4.71. The molecule has 0 aliphatic heterocycles. The molecule has 0 aliphatic rings. The highest BCUT2D eigenvalue weighted by Crippen LogP contribution is 2.32. The molecule has 7 nitrogen and oxygen atoms in total. The fraction of sp³-hybridized carbons (Fsp3) is 0.556. The lowest BCUT2D eigenvalue weighted by molar-refractivity contribution is -0.387. The summed E-state index contributed by atoms with van der Waals surface area (Å²) in [5, 5.41) is 10.6. The Balaban J connectivity index is 0.00000106. The third-order valence-corrected chi connectivity index (χ3v) is 1.50. The van der Waals surface area contributed by atoms with E-state index in [2.05, 4.69) is 9.97 Å². The maximum atomic E-state index is 10.6. The van der Waals surface area contributed by atoms with E-state index in [0.29, 0.717) is 5.82 Å². The Labute approximate surface area is 93.6 Å². The van der Waals surface area contributed by atoms with Crippen LogP contribution in [0.1, 0.15) is 19.7 Å². The van der Waals surface area contributed by atoms with Crippen molar-refractivity contribution in [1.29, 1.82) is 0 Å². The van der Waals surface area contributed by atoms with Gasteiger partial charge in [-0.3, -0.25) is 10.1 Å². The maximum Gasteiger partial charge on any atom is 0.392 e. The lowest BCUT2D eigenvalue weighted by Crippen LogP contribution is -2.03. The molecular formula is C9H15N3O4. The van der Waals surface area contributed by atoms with E-state index in [1.54, 1.807) is 6.92 Å². The zero-order chi connectivity index (χ0) is 12.7. The minimum absolute atomic E-state index is 0.0978. The van der Waals surface area contributed by atoms with Crippen molar-refractivity contribution in [3.8, 4) is 11.8 Å². The minimum Gasteiger partial charge on any atom is -0.476 e. The quantitative estimate of drug-likeness (QED) is 0.579. The Hall–Kier alpha value is -1.92. The zero-order valence-electron chi connectivity index (χ0n) is 9.97. The molecule has 0 saturated carbocycles. The Kier molecular flexibility index (Phi) is 5.76. The van der Waals surface area contributed by atoms with E-state index in [0.717, 1.165) is 0 Å². The van der Waals surface area contributed by atoms with Crippen LogP contribution in [-0.2, 0) is 0 Å². The lowest BCUT2D eigenvalue weighted by Gasteiger charge is -2.04. The first kappa shape index (κ1) is 14.1. The summed E-state index contributed by atoms with van der Waals surface area (Å²) in [6, 6.07) is 0. The molecule has 0 aliphatic carbocycles. The summed E-state index contributed by atoms with van der Waals surface area (Å²) >= 11 is 0. The topological polar surface area (TPSA) is 87.4 Å². The van der Waals surface area contributed by atoms with Gasteiger partial charge in [-0.2, -0.15) is 9.97 Å². The number of rotatable bonds is 3. The Morgan fingerprint density at radius 2 is 1.50 bits per heavy atom. The SMILES string of the molecule is CC.COc1nc(C)nc(OC)c1[N+](=O)[O-]. The highest BCUT2D eigenvalue weighted by molar-refractivity contribution is 5.49. The van der Waals surface area contributed by atoms with Crippen LogP contribution in [0.25, 0.3) is 0 Å². The average Bonchev–Trinajstić information content (AvgIpc) is 2.29. The van der Waals surface area contributed by atoms with Crippen LogP contribution in [0, 0.1) is 17.0 Å². The molecule has 90 valence electrons. The van der Waals surface area contributed by atoms with E-state index >= 15 is 0 Å². The summed E-state index contributed by atoms with van der Waals surface area (Å²) < 4.78 is 9.51. The Bertz CT molecular complexity index is 343. The van der Waals surface area contributed by atoms with Gasteiger partial charge in [0.15, 0.2) is 0 Å². The average molecular weight is 229 g/mol. The molecule has 1 rings (SSSR count). The highest BCUT2D eigenvalue weighted by Gasteiger charge is 2.25. The van der Waals surface area contributed by atoms with Crippen LogP contribution in [0.5, 0.6) is 11.8 Å². The van der Waals surface area contributed by atoms with Gasteiger partial charge in [-0.25, -0.2) is 0 Å². The molecule has 0 N–H and O–H groups in total. The second-order valence-corrected chi connectivity index (χ2v) is 2.40. The fourth-order valence-electron chi connectivity index (χ4n) is 0.957. The first-order valence-electron chi connectivity index (χ1n) is 4.71. The van der Waals surface area contributed by atoms with Crippen LogP contribution in [0.2, 0.25) is 0 Å². The maximum absolute atomic E-state index is 10.6. The molecule has 0 aromatic carbocycles.